The van der Waals surface area contributed by atoms with Crippen molar-refractivity contribution in [2.45, 2.75) is 25.0 Å². The molecule has 2 saturated heterocycles. The summed E-state index contributed by atoms with van der Waals surface area (Å²) in [6.45, 7) is 4.11. The topological polar surface area (TPSA) is 53.2 Å². The first kappa shape index (κ1) is 12.2. The lowest BCUT2D eigenvalue weighted by molar-refractivity contribution is -0.0386. The van der Waals surface area contributed by atoms with Gasteiger partial charge in [0, 0.05) is 24.7 Å². The fourth-order valence-corrected chi connectivity index (χ4v) is 3.03. The molecule has 0 aliphatic carbocycles. The summed E-state index contributed by atoms with van der Waals surface area (Å²) in [4.78, 5) is 9.97. The van der Waals surface area contributed by atoms with E-state index >= 15 is 0 Å². The highest BCUT2D eigenvalue weighted by molar-refractivity contribution is 5.81. The maximum atomic E-state index is 6.14. The monoisotopic (exact) mass is 272 g/mol. The van der Waals surface area contributed by atoms with Crippen LogP contribution in [0.4, 0.5) is 5.82 Å². The van der Waals surface area contributed by atoms with Gasteiger partial charge in [-0.05, 0) is 38.1 Å². The Labute approximate surface area is 118 Å². The van der Waals surface area contributed by atoms with E-state index in [1.807, 2.05) is 12.4 Å². The second-order valence-electron chi connectivity index (χ2n) is 5.72. The van der Waals surface area contributed by atoms with Crippen LogP contribution in [0.25, 0.3) is 10.9 Å². The van der Waals surface area contributed by atoms with Gasteiger partial charge in [0.1, 0.15) is 5.82 Å². The molecular formula is C15H20N4O. The third-order valence-electron chi connectivity index (χ3n) is 4.27. The van der Waals surface area contributed by atoms with E-state index in [2.05, 4.69) is 32.3 Å². The lowest BCUT2D eigenvalue weighted by Gasteiger charge is -2.42. The Hall–Kier alpha value is -1.59. The number of nitrogens with one attached hydrogen (secondary N) is 2. The molecule has 0 aromatic carbocycles. The third kappa shape index (κ3) is 2.27. The number of aromatic nitrogens is 2. The van der Waals surface area contributed by atoms with Gasteiger partial charge >= 0.3 is 0 Å². The van der Waals surface area contributed by atoms with Crippen molar-refractivity contribution < 1.29 is 4.74 Å². The largest absolute Gasteiger partial charge is 0.371 e. The standard InChI is InChI=1S/C15H20N4O/c1-6-17-14-8-18-15(7-11(1)14)19-9-13(10-19)20-12-2-4-16-5-3-12/h1,6-8,12-13,16-17H,2-5,9-10H2. The zero-order chi connectivity index (χ0) is 13.4. The molecule has 2 aromatic heterocycles. The molecule has 0 saturated carbocycles. The summed E-state index contributed by atoms with van der Waals surface area (Å²) in [6, 6.07) is 4.23. The molecule has 4 rings (SSSR count). The van der Waals surface area contributed by atoms with Crippen LogP contribution in [0.1, 0.15) is 12.8 Å². The van der Waals surface area contributed by atoms with E-state index in [-0.39, 0.29) is 0 Å². The Morgan fingerprint density at radius 3 is 2.90 bits per heavy atom. The average Bonchev–Trinajstić information content (AvgIpc) is 2.91. The number of pyridine rings is 1. The van der Waals surface area contributed by atoms with Crippen molar-refractivity contribution in [3.8, 4) is 0 Å². The molecule has 0 radical (unpaired) electrons. The predicted molar refractivity (Wildman–Crippen MR) is 79.1 cm³/mol. The molecule has 5 heteroatoms. The van der Waals surface area contributed by atoms with Crippen LogP contribution < -0.4 is 10.2 Å². The van der Waals surface area contributed by atoms with E-state index in [0.717, 1.165) is 50.4 Å². The summed E-state index contributed by atoms with van der Waals surface area (Å²) in [5, 5.41) is 4.59. The number of H-pyrrole nitrogens is 1. The average molecular weight is 272 g/mol. The Balaban J connectivity index is 1.35. The molecule has 2 N–H and O–H groups in total. The van der Waals surface area contributed by atoms with E-state index in [1.165, 1.54) is 5.39 Å². The first-order valence-electron chi connectivity index (χ1n) is 7.43. The fourth-order valence-electron chi connectivity index (χ4n) is 3.03. The molecule has 2 aromatic rings. The van der Waals surface area contributed by atoms with Crippen LogP contribution >= 0.6 is 0 Å². The first-order valence-corrected chi connectivity index (χ1v) is 7.43. The number of anilines is 1. The first-order chi connectivity index (χ1) is 9.88. The molecule has 106 valence electrons. The van der Waals surface area contributed by atoms with Crippen molar-refractivity contribution in [3.63, 3.8) is 0 Å². The van der Waals surface area contributed by atoms with Crippen LogP contribution in [0.3, 0.4) is 0 Å². The number of piperidine rings is 1. The van der Waals surface area contributed by atoms with Crippen LogP contribution in [0.5, 0.6) is 0 Å². The van der Waals surface area contributed by atoms with Gasteiger partial charge in [-0.25, -0.2) is 4.98 Å². The van der Waals surface area contributed by atoms with Gasteiger partial charge in [0.2, 0.25) is 0 Å². The van der Waals surface area contributed by atoms with Gasteiger partial charge in [-0.2, -0.15) is 0 Å². The Morgan fingerprint density at radius 1 is 1.20 bits per heavy atom. The van der Waals surface area contributed by atoms with Crippen LogP contribution in [0.15, 0.2) is 24.5 Å². The summed E-state index contributed by atoms with van der Waals surface area (Å²) < 4.78 is 6.14. The van der Waals surface area contributed by atoms with Gasteiger partial charge in [-0.15, -0.1) is 0 Å². The third-order valence-corrected chi connectivity index (χ3v) is 4.27. The van der Waals surface area contributed by atoms with Gasteiger partial charge in [0.05, 0.1) is 23.9 Å². The summed E-state index contributed by atoms with van der Waals surface area (Å²) in [5.41, 5.74) is 1.09. The fraction of sp³-hybridized carbons (Fsp3) is 0.533. The normalized spacial score (nSPS) is 21.3. The van der Waals surface area contributed by atoms with Crippen molar-refractivity contribution in [1.82, 2.24) is 15.3 Å². The number of fused-ring (bicyclic) bond motifs is 1. The van der Waals surface area contributed by atoms with E-state index in [4.69, 9.17) is 4.74 Å². The molecular weight excluding hydrogens is 252 g/mol. The van der Waals surface area contributed by atoms with Crippen LogP contribution in [-0.2, 0) is 4.74 Å². The van der Waals surface area contributed by atoms with Gasteiger partial charge in [-0.1, -0.05) is 0 Å². The lowest BCUT2D eigenvalue weighted by atomic mass is 10.1. The predicted octanol–water partition coefficient (Wildman–Crippen LogP) is 1.52. The molecule has 2 fully saturated rings. The van der Waals surface area contributed by atoms with Crippen molar-refractivity contribution in [2.75, 3.05) is 31.1 Å². The van der Waals surface area contributed by atoms with Crippen molar-refractivity contribution in [2.24, 2.45) is 0 Å². The van der Waals surface area contributed by atoms with Gasteiger partial charge < -0.3 is 19.9 Å². The summed E-state index contributed by atoms with van der Waals surface area (Å²) in [5.74, 6) is 1.06. The van der Waals surface area contributed by atoms with Crippen molar-refractivity contribution in [1.29, 1.82) is 0 Å². The van der Waals surface area contributed by atoms with Crippen LogP contribution in [-0.4, -0.2) is 48.4 Å². The van der Waals surface area contributed by atoms with Crippen molar-refractivity contribution >= 4 is 16.7 Å². The van der Waals surface area contributed by atoms with Gasteiger partial charge in [-0.3, -0.25) is 0 Å². The number of nitrogens with zero attached hydrogens (tertiary/aromatic N) is 2. The Bertz CT molecular complexity index is 584. The van der Waals surface area contributed by atoms with E-state index in [0.29, 0.717) is 12.2 Å². The minimum Gasteiger partial charge on any atom is -0.371 e. The molecule has 0 unspecified atom stereocenters. The van der Waals surface area contributed by atoms with Gasteiger partial charge in [0.15, 0.2) is 0 Å². The molecule has 0 atom stereocenters. The highest BCUT2D eigenvalue weighted by Gasteiger charge is 2.31. The lowest BCUT2D eigenvalue weighted by Crippen LogP contribution is -2.54. The van der Waals surface area contributed by atoms with Crippen LogP contribution in [0, 0.1) is 0 Å². The molecule has 5 nitrogen and oxygen atoms in total. The number of hydrogen-bond donors (Lipinski definition) is 2. The number of hydrogen-bond acceptors (Lipinski definition) is 4. The van der Waals surface area contributed by atoms with E-state index in [9.17, 15) is 0 Å². The smallest absolute Gasteiger partial charge is 0.129 e. The van der Waals surface area contributed by atoms with Gasteiger partial charge in [0.25, 0.3) is 0 Å². The highest BCUT2D eigenvalue weighted by Crippen LogP contribution is 2.25. The molecule has 20 heavy (non-hydrogen) atoms. The second-order valence-corrected chi connectivity index (χ2v) is 5.72. The summed E-state index contributed by atoms with van der Waals surface area (Å²) in [6.07, 6.45) is 6.97. The molecule has 0 spiro atoms. The Morgan fingerprint density at radius 2 is 2.05 bits per heavy atom. The minimum absolute atomic E-state index is 0.377. The zero-order valence-electron chi connectivity index (χ0n) is 11.5. The molecule has 2 aliphatic rings. The Kier molecular flexibility index (Phi) is 3.09. The second kappa shape index (κ2) is 5.07. The zero-order valence-corrected chi connectivity index (χ0v) is 11.5. The maximum absolute atomic E-state index is 6.14. The minimum atomic E-state index is 0.377. The number of ether oxygens (including phenoxy) is 1. The molecule has 0 bridgehead atoms. The molecule has 2 aliphatic heterocycles. The van der Waals surface area contributed by atoms with Crippen molar-refractivity contribution in [3.05, 3.63) is 24.5 Å². The van der Waals surface area contributed by atoms with Crippen LogP contribution in [0.2, 0.25) is 0 Å². The van der Waals surface area contributed by atoms with E-state index < -0.39 is 0 Å². The summed E-state index contributed by atoms with van der Waals surface area (Å²) in [7, 11) is 0. The quantitative estimate of drug-likeness (QED) is 0.889. The summed E-state index contributed by atoms with van der Waals surface area (Å²) >= 11 is 0. The number of aromatic amines is 1. The maximum Gasteiger partial charge on any atom is 0.129 e. The number of rotatable bonds is 3. The highest BCUT2D eigenvalue weighted by atomic mass is 16.5. The molecule has 0 amide bonds. The SMILES string of the molecule is c1cc2cc(N3CC(OC4CCNCC4)C3)ncc2[nH]1. The van der Waals surface area contributed by atoms with E-state index in [1.54, 1.807) is 0 Å². The molecule has 4 heterocycles.